The second kappa shape index (κ2) is 27.2. The van der Waals surface area contributed by atoms with Gasteiger partial charge in [-0.25, -0.2) is 0 Å². The zero-order valence-electron chi connectivity index (χ0n) is 58.9. The Bertz CT molecular complexity index is 5400. The summed E-state index contributed by atoms with van der Waals surface area (Å²) in [4.78, 5) is 83.7. The quantitative estimate of drug-likeness (QED) is 0.0572. The summed E-state index contributed by atoms with van der Waals surface area (Å²) in [6.07, 6.45) is 10.1. The number of carbonyl (C=O) groups is 4. The lowest BCUT2D eigenvalue weighted by molar-refractivity contribution is -0.385. The molecule has 4 atom stereocenters. The number of hydrogen-bond donors (Lipinski definition) is 1. The van der Waals surface area contributed by atoms with Crippen LogP contribution in [0.3, 0.4) is 0 Å². The Morgan fingerprint density at radius 3 is 1.17 bits per heavy atom. The van der Waals surface area contributed by atoms with Gasteiger partial charge in [-0.1, -0.05) is 72.8 Å². The molecule has 530 valence electrons. The maximum atomic E-state index is 13.8. The number of nitrogens with zero attached hydrogens (tertiary/aromatic N) is 7. The molecule has 4 amide bonds. The van der Waals surface area contributed by atoms with Crippen molar-refractivity contribution in [3.8, 4) is 34.5 Å². The van der Waals surface area contributed by atoms with Crippen molar-refractivity contribution in [2.45, 2.75) is 116 Å². The molecule has 0 bridgehead atoms. The van der Waals surface area contributed by atoms with Crippen molar-refractivity contribution in [3.63, 3.8) is 0 Å². The number of anilines is 5. The number of nitrogens with two attached hydrogens (primary N) is 1. The molecular formula is C86H74N8O12. The molecule has 0 saturated heterocycles. The molecule has 8 aliphatic rings. The fourth-order valence-corrected chi connectivity index (χ4v) is 16.4. The van der Waals surface area contributed by atoms with Crippen LogP contribution >= 0.6 is 0 Å². The number of hydrogen-bond acceptors (Lipinski definition) is 15. The van der Waals surface area contributed by atoms with Crippen molar-refractivity contribution < 1.29 is 52.5 Å². The van der Waals surface area contributed by atoms with Crippen molar-refractivity contribution in [1.82, 2.24) is 0 Å². The van der Waals surface area contributed by atoms with Gasteiger partial charge in [-0.05, 0) is 204 Å². The average Bonchev–Trinajstić information content (AvgIpc) is 1.46. The van der Waals surface area contributed by atoms with Crippen LogP contribution in [0.5, 0.6) is 34.5 Å². The number of non-ortho nitro benzene ring substituents is 1. The van der Waals surface area contributed by atoms with Crippen LogP contribution in [0, 0.1) is 24.0 Å². The number of fused-ring (bicyclic) bond motifs is 16. The molecule has 0 saturated carbocycles. The number of nitro benzene ring substituents is 1. The van der Waals surface area contributed by atoms with E-state index in [2.05, 4.69) is 29.3 Å². The van der Waals surface area contributed by atoms with Crippen LogP contribution in [-0.4, -0.2) is 79.4 Å². The Morgan fingerprint density at radius 2 is 0.774 bits per heavy atom. The topological polar surface area (TPSA) is 230 Å². The van der Waals surface area contributed by atoms with Crippen LogP contribution in [0.2, 0.25) is 0 Å². The van der Waals surface area contributed by atoms with E-state index in [-0.39, 0.29) is 73.3 Å². The molecule has 106 heavy (non-hydrogen) atoms. The van der Waals surface area contributed by atoms with Gasteiger partial charge in [-0.15, -0.1) is 0 Å². The smallest absolute Gasteiger partial charge is 0.270 e. The van der Waals surface area contributed by atoms with Crippen molar-refractivity contribution in [1.29, 1.82) is 0 Å². The molecule has 0 fully saturated rings. The highest BCUT2D eigenvalue weighted by Gasteiger charge is 2.42. The number of aliphatic imine (C=N–C) groups is 2. The predicted molar refractivity (Wildman–Crippen MR) is 406 cm³/mol. The van der Waals surface area contributed by atoms with Gasteiger partial charge in [0.1, 0.15) is 37.9 Å². The highest BCUT2D eigenvalue weighted by molar-refractivity contribution is 6.16. The Labute approximate surface area is 612 Å². The second-order valence-electron chi connectivity index (χ2n) is 28.2. The first kappa shape index (κ1) is 66.6. The van der Waals surface area contributed by atoms with E-state index in [1.165, 1.54) is 30.4 Å². The first-order valence-electron chi connectivity index (χ1n) is 35.7. The summed E-state index contributed by atoms with van der Waals surface area (Å²) in [5.41, 5.74) is 25.2. The largest absolute Gasteiger partial charge is 0.493 e. The van der Waals surface area contributed by atoms with Crippen molar-refractivity contribution in [3.05, 3.63) is 281 Å². The highest BCUT2D eigenvalue weighted by atomic mass is 16.6. The number of para-hydroxylation sites is 4. The van der Waals surface area contributed by atoms with Gasteiger partial charge < -0.3 is 44.0 Å². The summed E-state index contributed by atoms with van der Waals surface area (Å²) in [5, 5.41) is 12.0. The normalized spacial score (nSPS) is 17.9. The summed E-state index contributed by atoms with van der Waals surface area (Å²) in [6, 6.07) is 57.3. The molecule has 8 heterocycles. The maximum absolute atomic E-state index is 13.8. The summed E-state index contributed by atoms with van der Waals surface area (Å²) in [6.45, 7) is 4.47. The third kappa shape index (κ3) is 12.2. The highest BCUT2D eigenvalue weighted by Crippen LogP contribution is 2.46. The molecule has 0 radical (unpaired) electrons. The van der Waals surface area contributed by atoms with E-state index in [1.807, 2.05) is 156 Å². The number of benzene rings is 10. The van der Waals surface area contributed by atoms with Crippen molar-refractivity contribution >= 4 is 81.6 Å². The number of nitrogen functional groups attached to an aromatic ring is 1. The van der Waals surface area contributed by atoms with Gasteiger partial charge in [0.2, 0.25) is 0 Å². The number of methoxy groups -OCH3 is 2. The van der Waals surface area contributed by atoms with E-state index in [9.17, 15) is 29.3 Å². The molecule has 8 aliphatic heterocycles. The van der Waals surface area contributed by atoms with Gasteiger partial charge in [0.15, 0.2) is 23.0 Å². The van der Waals surface area contributed by atoms with Gasteiger partial charge in [0, 0.05) is 101 Å². The maximum Gasteiger partial charge on any atom is 0.270 e. The van der Waals surface area contributed by atoms with E-state index in [0.29, 0.717) is 86.7 Å². The van der Waals surface area contributed by atoms with Crippen LogP contribution in [0.4, 0.5) is 45.5 Å². The third-order valence-corrected chi connectivity index (χ3v) is 21.5. The zero-order chi connectivity index (χ0) is 72.6. The Balaban J connectivity index is 0.000000156. The van der Waals surface area contributed by atoms with E-state index in [0.717, 1.165) is 124 Å². The lowest BCUT2D eigenvalue weighted by Gasteiger charge is -2.23. The standard InChI is InChI=1S/C43H36N4O7.C43H38N4O5/c1-25-13-34-28(11-12-31-17-29-7-3-5-9-37(29)45(31)42(34)48)19-39(25)53-23-26-14-27(16-32(15-26)47(50)51)24-54-41-21-36-35(20-40(41)52-2)43(49)46-33(22-44-36)18-30-8-4-6-10-38(30)46;1-25-13-34-28(11-12-32-17-29-7-3-5-9-37(29)46(32)42(34)48)19-39(25)51-23-26-14-27(16-31(44)15-26)24-52-41-21-36-35(20-40(41)50-2)43(49)47-33(22-45-36)18-30-8-4-6-10-38(30)47/h3-10,13-16,19-22,31,33H,11-12,17-18,23-24H2,1-2H3;3-10,13-16,19-22,32-33H,11-12,17-18,23-24,44H2,1-2H3/t31-,33+;32-,33+/m11/s1. The zero-order valence-corrected chi connectivity index (χ0v) is 58.9. The molecule has 0 aromatic heterocycles. The van der Waals surface area contributed by atoms with Gasteiger partial charge in [-0.3, -0.25) is 49.1 Å². The summed E-state index contributed by atoms with van der Waals surface area (Å²) in [7, 11) is 3.06. The number of rotatable bonds is 15. The second-order valence-corrected chi connectivity index (χ2v) is 28.2. The van der Waals surface area contributed by atoms with Crippen LogP contribution in [0.25, 0.3) is 0 Å². The minimum atomic E-state index is -0.440. The fraction of sp³-hybridized carbons (Fsp3) is 0.233. The SMILES string of the molecule is COc1cc2c(cc1OCc1cc(COc3cc4c(cc3C)C(=O)N3c5ccccc5C[C@H]3CC4)cc([N+](=O)[O-])c1)N=C[C@@H]1Cc3ccccc3N1C2=O.COc1cc2c(cc1OCc1cc(N)cc(COc3cc4c(cc3C)C(=O)N3c5ccccc5C[C@H]3CC4)c1)N=C[C@@H]1Cc3ccccc3N1C2=O. The van der Waals surface area contributed by atoms with E-state index < -0.39 is 4.92 Å². The molecule has 2 N–H and O–H groups in total. The monoisotopic (exact) mass is 1410 g/mol. The molecule has 0 unspecified atom stereocenters. The van der Waals surface area contributed by atoms with Crippen LogP contribution in [0.1, 0.15) is 121 Å². The number of carbonyl (C=O) groups excluding carboxylic acids is 4. The lowest BCUT2D eigenvalue weighted by Crippen LogP contribution is -2.37. The van der Waals surface area contributed by atoms with Crippen molar-refractivity contribution in [2.24, 2.45) is 9.98 Å². The van der Waals surface area contributed by atoms with Gasteiger partial charge >= 0.3 is 0 Å². The molecule has 0 spiro atoms. The number of amides is 4. The van der Waals surface area contributed by atoms with Crippen molar-refractivity contribution in [2.75, 3.05) is 39.6 Å². The molecule has 10 aromatic carbocycles. The van der Waals surface area contributed by atoms with Crippen LogP contribution in [-0.2, 0) is 65.0 Å². The van der Waals surface area contributed by atoms with Gasteiger partial charge in [0.05, 0.1) is 53.7 Å². The summed E-state index contributed by atoms with van der Waals surface area (Å²) in [5.74, 6) is 2.79. The van der Waals surface area contributed by atoms with E-state index >= 15 is 0 Å². The number of ether oxygens (including phenoxy) is 6. The summed E-state index contributed by atoms with van der Waals surface area (Å²) < 4.78 is 36.5. The number of aryl methyl sites for hydroxylation is 4. The van der Waals surface area contributed by atoms with E-state index in [4.69, 9.17) is 39.1 Å². The minimum absolute atomic E-state index is 0.00560. The fourth-order valence-electron chi connectivity index (χ4n) is 16.4. The van der Waals surface area contributed by atoms with Gasteiger partial charge in [-0.2, -0.15) is 0 Å². The van der Waals surface area contributed by atoms with E-state index in [1.54, 1.807) is 42.5 Å². The van der Waals surface area contributed by atoms with Gasteiger partial charge in [0.25, 0.3) is 29.3 Å². The van der Waals surface area contributed by atoms with Crippen LogP contribution < -0.4 is 53.8 Å². The molecule has 20 nitrogen and oxygen atoms in total. The van der Waals surface area contributed by atoms with Crippen LogP contribution in [0.15, 0.2) is 192 Å². The Kier molecular flexibility index (Phi) is 17.1. The molecule has 18 rings (SSSR count). The first-order chi connectivity index (χ1) is 51.6. The lowest BCUT2D eigenvalue weighted by atomic mass is 9.98. The number of nitro groups is 1. The molecule has 10 aromatic rings. The summed E-state index contributed by atoms with van der Waals surface area (Å²) >= 11 is 0. The Hall–Kier alpha value is -12.6. The molecule has 0 aliphatic carbocycles. The minimum Gasteiger partial charge on any atom is -0.493 e. The third-order valence-electron chi connectivity index (χ3n) is 21.5. The molecular weight excluding hydrogens is 1340 g/mol. The average molecular weight is 1410 g/mol. The molecule has 20 heteroatoms. The predicted octanol–water partition coefficient (Wildman–Crippen LogP) is 15.4. The first-order valence-corrected chi connectivity index (χ1v) is 35.7. The Morgan fingerprint density at radius 1 is 0.415 bits per heavy atom.